The fraction of sp³-hybridized carbons (Fsp3) is 0.375. The van der Waals surface area contributed by atoms with Crippen molar-refractivity contribution in [1.82, 2.24) is 0 Å². The Labute approximate surface area is 130 Å². The number of hydrogen-bond donors (Lipinski definition) is 1. The first kappa shape index (κ1) is 15.4. The molecule has 0 aliphatic heterocycles. The summed E-state index contributed by atoms with van der Waals surface area (Å²) in [5.74, 6) is 0. The van der Waals surface area contributed by atoms with E-state index in [9.17, 15) is 0 Å². The minimum Gasteiger partial charge on any atom is -0.366 e. The molecule has 0 saturated heterocycles. The van der Waals surface area contributed by atoms with E-state index in [-0.39, 0.29) is 6.04 Å². The van der Waals surface area contributed by atoms with Crippen LogP contribution in [0, 0.1) is 0 Å². The molecule has 0 amide bonds. The van der Waals surface area contributed by atoms with E-state index in [0.717, 1.165) is 30.1 Å². The van der Waals surface area contributed by atoms with Crippen molar-refractivity contribution in [2.75, 3.05) is 11.4 Å². The average molecular weight is 309 g/mol. The molecule has 1 aromatic heterocycles. The topological polar surface area (TPSA) is 29.3 Å². The summed E-state index contributed by atoms with van der Waals surface area (Å²) in [5.41, 5.74) is 8.32. The van der Waals surface area contributed by atoms with Crippen molar-refractivity contribution in [2.24, 2.45) is 5.73 Å². The van der Waals surface area contributed by atoms with Gasteiger partial charge in [-0.15, -0.1) is 11.3 Å². The lowest BCUT2D eigenvalue weighted by Gasteiger charge is -2.26. The molecule has 20 heavy (non-hydrogen) atoms. The average Bonchev–Trinajstić information content (AvgIpc) is 2.91. The molecule has 0 radical (unpaired) electrons. The summed E-state index contributed by atoms with van der Waals surface area (Å²) in [7, 11) is 0. The van der Waals surface area contributed by atoms with Gasteiger partial charge in [0.2, 0.25) is 0 Å². The fourth-order valence-electron chi connectivity index (χ4n) is 2.33. The zero-order valence-corrected chi connectivity index (χ0v) is 13.5. The SMILES string of the molecule is CCN(Cc1cccs1)c1cccc(Cl)c1CC(C)N. The van der Waals surface area contributed by atoms with E-state index in [1.807, 2.05) is 19.1 Å². The van der Waals surface area contributed by atoms with Gasteiger partial charge in [-0.1, -0.05) is 23.7 Å². The molecule has 4 heteroatoms. The lowest BCUT2D eigenvalue weighted by molar-refractivity contribution is 0.730. The first-order valence-electron chi connectivity index (χ1n) is 6.92. The van der Waals surface area contributed by atoms with Crippen LogP contribution in [0.5, 0.6) is 0 Å². The van der Waals surface area contributed by atoms with Gasteiger partial charge in [-0.05, 0) is 49.4 Å². The Kier molecular flexibility index (Phi) is 5.46. The highest BCUT2D eigenvalue weighted by atomic mass is 35.5. The number of halogens is 1. The van der Waals surface area contributed by atoms with E-state index in [1.54, 1.807) is 11.3 Å². The van der Waals surface area contributed by atoms with Gasteiger partial charge in [0.05, 0.1) is 6.54 Å². The van der Waals surface area contributed by atoms with Gasteiger partial charge in [-0.2, -0.15) is 0 Å². The van der Waals surface area contributed by atoms with Gasteiger partial charge in [0.1, 0.15) is 0 Å². The van der Waals surface area contributed by atoms with Crippen LogP contribution in [0.4, 0.5) is 5.69 Å². The third kappa shape index (κ3) is 3.75. The van der Waals surface area contributed by atoms with Gasteiger partial charge in [-0.3, -0.25) is 0 Å². The standard InChI is InChI=1S/C16H21ClN2S/c1-3-19(11-13-6-5-9-20-13)16-8-4-7-15(17)14(16)10-12(2)18/h4-9,12H,3,10-11,18H2,1-2H3. The van der Waals surface area contributed by atoms with Gasteiger partial charge in [0.25, 0.3) is 0 Å². The summed E-state index contributed by atoms with van der Waals surface area (Å²) < 4.78 is 0. The highest BCUT2D eigenvalue weighted by Crippen LogP contribution is 2.30. The molecule has 2 rings (SSSR count). The molecule has 0 aliphatic carbocycles. The lowest BCUT2D eigenvalue weighted by Crippen LogP contribution is -2.25. The Bertz CT molecular complexity index is 537. The largest absolute Gasteiger partial charge is 0.366 e. The van der Waals surface area contributed by atoms with E-state index < -0.39 is 0 Å². The van der Waals surface area contributed by atoms with Crippen molar-refractivity contribution in [2.45, 2.75) is 32.9 Å². The van der Waals surface area contributed by atoms with E-state index in [0.29, 0.717) is 0 Å². The summed E-state index contributed by atoms with van der Waals surface area (Å²) in [4.78, 5) is 3.72. The van der Waals surface area contributed by atoms with Crippen molar-refractivity contribution >= 4 is 28.6 Å². The van der Waals surface area contributed by atoms with Gasteiger partial charge in [0.15, 0.2) is 0 Å². The molecule has 2 N–H and O–H groups in total. The number of nitrogens with zero attached hydrogens (tertiary/aromatic N) is 1. The Hall–Kier alpha value is -1.03. The minimum absolute atomic E-state index is 0.106. The van der Waals surface area contributed by atoms with E-state index >= 15 is 0 Å². The molecule has 1 aromatic carbocycles. The van der Waals surface area contributed by atoms with Crippen molar-refractivity contribution in [3.05, 3.63) is 51.2 Å². The molecule has 108 valence electrons. The quantitative estimate of drug-likeness (QED) is 0.861. The third-order valence-corrected chi connectivity index (χ3v) is 4.48. The van der Waals surface area contributed by atoms with Crippen LogP contribution in [0.15, 0.2) is 35.7 Å². The zero-order valence-electron chi connectivity index (χ0n) is 12.0. The molecule has 1 atom stereocenters. The molecule has 2 nitrogen and oxygen atoms in total. The Morgan fingerprint density at radius 3 is 2.70 bits per heavy atom. The van der Waals surface area contributed by atoms with Crippen molar-refractivity contribution in [1.29, 1.82) is 0 Å². The first-order valence-corrected chi connectivity index (χ1v) is 8.17. The summed E-state index contributed by atoms with van der Waals surface area (Å²) >= 11 is 8.16. The Balaban J connectivity index is 2.31. The predicted molar refractivity (Wildman–Crippen MR) is 89.8 cm³/mol. The Morgan fingerprint density at radius 1 is 1.30 bits per heavy atom. The molecule has 0 spiro atoms. The summed E-state index contributed by atoms with van der Waals surface area (Å²) in [5, 5.41) is 2.92. The second-order valence-electron chi connectivity index (χ2n) is 5.01. The molecule has 0 saturated carbocycles. The number of anilines is 1. The zero-order chi connectivity index (χ0) is 14.5. The van der Waals surface area contributed by atoms with E-state index in [1.165, 1.54) is 10.6 Å². The van der Waals surface area contributed by atoms with Crippen LogP contribution in [0.25, 0.3) is 0 Å². The second-order valence-corrected chi connectivity index (χ2v) is 6.45. The molecular weight excluding hydrogens is 288 g/mol. The summed E-state index contributed by atoms with van der Waals surface area (Å²) in [6.45, 7) is 6.05. The van der Waals surface area contributed by atoms with Crippen molar-refractivity contribution in [3.63, 3.8) is 0 Å². The maximum atomic E-state index is 6.38. The summed E-state index contributed by atoms with van der Waals surface area (Å²) in [6.07, 6.45) is 0.802. The number of thiophene rings is 1. The number of nitrogens with two attached hydrogens (primary N) is 1. The maximum absolute atomic E-state index is 6.38. The van der Waals surface area contributed by atoms with Crippen LogP contribution < -0.4 is 10.6 Å². The molecule has 0 fully saturated rings. The monoisotopic (exact) mass is 308 g/mol. The van der Waals surface area contributed by atoms with Gasteiger partial charge in [-0.25, -0.2) is 0 Å². The van der Waals surface area contributed by atoms with E-state index in [2.05, 4.69) is 35.4 Å². The van der Waals surface area contributed by atoms with Crippen LogP contribution in [0.1, 0.15) is 24.3 Å². The number of rotatable bonds is 6. The minimum atomic E-state index is 0.106. The van der Waals surface area contributed by atoms with Crippen LogP contribution >= 0.6 is 22.9 Å². The highest BCUT2D eigenvalue weighted by molar-refractivity contribution is 7.09. The van der Waals surface area contributed by atoms with Gasteiger partial charge >= 0.3 is 0 Å². The lowest BCUT2D eigenvalue weighted by atomic mass is 10.0. The van der Waals surface area contributed by atoms with Crippen molar-refractivity contribution in [3.8, 4) is 0 Å². The smallest absolute Gasteiger partial charge is 0.0522 e. The highest BCUT2D eigenvalue weighted by Gasteiger charge is 2.14. The second kappa shape index (κ2) is 7.11. The van der Waals surface area contributed by atoms with Crippen LogP contribution in [0.2, 0.25) is 5.02 Å². The van der Waals surface area contributed by atoms with Crippen LogP contribution in [-0.2, 0) is 13.0 Å². The molecule has 1 unspecified atom stereocenters. The number of benzene rings is 1. The molecule has 0 aliphatic rings. The number of hydrogen-bond acceptors (Lipinski definition) is 3. The third-order valence-electron chi connectivity index (χ3n) is 3.27. The van der Waals surface area contributed by atoms with Crippen LogP contribution in [0.3, 0.4) is 0 Å². The van der Waals surface area contributed by atoms with Crippen LogP contribution in [-0.4, -0.2) is 12.6 Å². The van der Waals surface area contributed by atoms with Crippen molar-refractivity contribution < 1.29 is 0 Å². The molecule has 1 heterocycles. The van der Waals surface area contributed by atoms with E-state index in [4.69, 9.17) is 17.3 Å². The molecular formula is C16H21ClN2S. The molecule has 0 bridgehead atoms. The Morgan fingerprint density at radius 2 is 2.10 bits per heavy atom. The maximum Gasteiger partial charge on any atom is 0.0522 e. The van der Waals surface area contributed by atoms with Gasteiger partial charge in [0, 0.05) is 28.2 Å². The normalized spacial score (nSPS) is 12.4. The fourth-order valence-corrected chi connectivity index (χ4v) is 3.29. The molecule has 2 aromatic rings. The summed E-state index contributed by atoms with van der Waals surface area (Å²) in [6, 6.07) is 10.5. The van der Waals surface area contributed by atoms with Gasteiger partial charge < -0.3 is 10.6 Å². The first-order chi connectivity index (χ1) is 9.61. The predicted octanol–water partition coefficient (Wildman–Crippen LogP) is 4.32.